The number of benzene rings is 2. The van der Waals surface area contributed by atoms with E-state index in [-0.39, 0.29) is 35.6 Å². The highest BCUT2D eigenvalue weighted by Crippen LogP contribution is 2.30. The Balaban J connectivity index is 1.19. The van der Waals surface area contributed by atoms with Crippen LogP contribution in [0.3, 0.4) is 0 Å². The van der Waals surface area contributed by atoms with Crippen molar-refractivity contribution in [2.24, 2.45) is 0 Å². The third kappa shape index (κ3) is 4.57. The van der Waals surface area contributed by atoms with E-state index in [0.29, 0.717) is 59.2 Å². The molecule has 1 aromatic heterocycles. The number of carbonyl (C=O) groups is 3. The molecular formula is C23H22N4O6S2. The van der Waals surface area contributed by atoms with Crippen LogP contribution >= 0.6 is 11.3 Å². The molecule has 3 amide bonds. The van der Waals surface area contributed by atoms with Gasteiger partial charge in [-0.1, -0.05) is 23.5 Å². The van der Waals surface area contributed by atoms with Gasteiger partial charge in [-0.25, -0.2) is 13.4 Å². The lowest BCUT2D eigenvalue weighted by Gasteiger charge is -2.25. The first-order valence-corrected chi connectivity index (χ1v) is 13.3. The van der Waals surface area contributed by atoms with Crippen LogP contribution in [0.25, 0.3) is 10.2 Å². The molecule has 1 fully saturated rings. The number of morpholine rings is 1. The smallest absolute Gasteiger partial charge is 0.261 e. The maximum Gasteiger partial charge on any atom is 0.261 e. The summed E-state index contributed by atoms with van der Waals surface area (Å²) in [6.07, 6.45) is 0.407. The highest BCUT2D eigenvalue weighted by molar-refractivity contribution is 7.89. The summed E-state index contributed by atoms with van der Waals surface area (Å²) in [7, 11) is -3.63. The zero-order valence-electron chi connectivity index (χ0n) is 18.6. The van der Waals surface area contributed by atoms with Crippen LogP contribution in [0, 0.1) is 0 Å². The normalized spacial score (nSPS) is 16.6. The van der Waals surface area contributed by atoms with E-state index in [2.05, 4.69) is 10.3 Å². The number of hydrogen-bond donors (Lipinski definition) is 1. The van der Waals surface area contributed by atoms with Crippen molar-refractivity contribution in [3.63, 3.8) is 0 Å². The summed E-state index contributed by atoms with van der Waals surface area (Å²) in [6, 6.07) is 11.4. The first-order valence-electron chi connectivity index (χ1n) is 11.1. The quantitative estimate of drug-likeness (QED) is 0.480. The lowest BCUT2D eigenvalue weighted by atomic mass is 10.1. The van der Waals surface area contributed by atoms with Gasteiger partial charge in [0.25, 0.3) is 11.8 Å². The number of nitrogens with one attached hydrogen (secondary N) is 1. The number of imide groups is 1. The predicted molar refractivity (Wildman–Crippen MR) is 129 cm³/mol. The number of aromatic nitrogens is 1. The SMILES string of the molecule is O=C(CCCN1C(=O)c2ccccc2C1=O)Nc1nc2ccc(S(=O)(=O)N3CCOCC3)cc2s1. The Morgan fingerprint density at radius 1 is 1.06 bits per heavy atom. The number of anilines is 1. The lowest BCUT2D eigenvalue weighted by Crippen LogP contribution is -2.40. The number of nitrogens with zero attached hydrogens (tertiary/aromatic N) is 3. The van der Waals surface area contributed by atoms with Crippen molar-refractivity contribution in [3.8, 4) is 0 Å². The maximum atomic E-state index is 12.9. The van der Waals surface area contributed by atoms with Gasteiger partial charge in [0.05, 0.1) is 39.5 Å². The van der Waals surface area contributed by atoms with Crippen molar-refractivity contribution < 1.29 is 27.5 Å². The van der Waals surface area contributed by atoms with E-state index in [1.807, 2.05) is 0 Å². The minimum absolute atomic E-state index is 0.0972. The number of sulfonamides is 1. The lowest BCUT2D eigenvalue weighted by molar-refractivity contribution is -0.116. The maximum absolute atomic E-state index is 12.9. The zero-order valence-corrected chi connectivity index (χ0v) is 20.2. The number of thiazole rings is 1. The van der Waals surface area contributed by atoms with Gasteiger partial charge in [0.2, 0.25) is 15.9 Å². The van der Waals surface area contributed by atoms with Gasteiger partial charge in [-0.2, -0.15) is 4.31 Å². The molecule has 0 aliphatic carbocycles. The van der Waals surface area contributed by atoms with E-state index in [1.54, 1.807) is 36.4 Å². The first-order chi connectivity index (χ1) is 16.8. The Kier molecular flexibility index (Phi) is 6.36. The molecular weight excluding hydrogens is 492 g/mol. The highest BCUT2D eigenvalue weighted by Gasteiger charge is 2.34. The van der Waals surface area contributed by atoms with Crippen molar-refractivity contribution in [3.05, 3.63) is 53.6 Å². The van der Waals surface area contributed by atoms with Gasteiger partial charge in [-0.05, 0) is 36.8 Å². The molecule has 0 unspecified atom stereocenters. The van der Waals surface area contributed by atoms with E-state index in [1.165, 1.54) is 21.7 Å². The number of fused-ring (bicyclic) bond motifs is 2. The first kappa shape index (κ1) is 23.5. The monoisotopic (exact) mass is 514 g/mol. The van der Waals surface area contributed by atoms with Crippen LogP contribution in [0.15, 0.2) is 47.4 Å². The molecule has 0 saturated carbocycles. The molecule has 2 aliphatic heterocycles. The van der Waals surface area contributed by atoms with Gasteiger partial charge in [-0.3, -0.25) is 19.3 Å². The van der Waals surface area contributed by atoms with Crippen LogP contribution in [-0.4, -0.2) is 73.2 Å². The summed E-state index contributed by atoms with van der Waals surface area (Å²) in [5.41, 5.74) is 1.34. The minimum Gasteiger partial charge on any atom is -0.379 e. The number of ether oxygens (including phenoxy) is 1. The van der Waals surface area contributed by atoms with Crippen molar-refractivity contribution >= 4 is 54.4 Å². The van der Waals surface area contributed by atoms with E-state index in [0.717, 1.165) is 4.90 Å². The molecule has 1 saturated heterocycles. The molecule has 3 aromatic rings. The number of carbonyl (C=O) groups excluding carboxylic acids is 3. The van der Waals surface area contributed by atoms with Crippen LogP contribution in [-0.2, 0) is 19.6 Å². The van der Waals surface area contributed by atoms with Gasteiger partial charge in [0.1, 0.15) is 0 Å². The number of amides is 3. The van der Waals surface area contributed by atoms with Crippen LogP contribution < -0.4 is 5.32 Å². The second-order valence-electron chi connectivity index (χ2n) is 8.12. The standard InChI is InChI=1S/C23H22N4O6S2/c28-20(6-3-9-27-21(29)16-4-1-2-5-17(16)22(27)30)25-23-24-18-8-7-15(14-19(18)34-23)35(31,32)26-10-12-33-13-11-26/h1-2,4-5,7-8,14H,3,6,9-13H2,(H,24,25,28). The molecule has 2 aromatic carbocycles. The van der Waals surface area contributed by atoms with Crippen LogP contribution in [0.1, 0.15) is 33.6 Å². The van der Waals surface area contributed by atoms with Crippen LogP contribution in [0.5, 0.6) is 0 Å². The Hall–Kier alpha value is -3.19. The Bertz CT molecular complexity index is 1390. The fourth-order valence-electron chi connectivity index (χ4n) is 4.08. The predicted octanol–water partition coefficient (Wildman–Crippen LogP) is 2.33. The largest absolute Gasteiger partial charge is 0.379 e. The number of hydrogen-bond acceptors (Lipinski definition) is 8. The molecule has 3 heterocycles. The Labute approximate surface area is 205 Å². The summed E-state index contributed by atoms with van der Waals surface area (Å²) in [6.45, 7) is 1.50. The van der Waals surface area contributed by atoms with Crippen molar-refractivity contribution in [2.45, 2.75) is 17.7 Å². The van der Waals surface area contributed by atoms with Gasteiger partial charge >= 0.3 is 0 Å². The Morgan fingerprint density at radius 3 is 2.43 bits per heavy atom. The van der Waals surface area contributed by atoms with E-state index in [4.69, 9.17) is 4.74 Å². The molecule has 0 spiro atoms. The van der Waals surface area contributed by atoms with Crippen LogP contribution in [0.4, 0.5) is 5.13 Å². The summed E-state index contributed by atoms with van der Waals surface area (Å²) in [5, 5.41) is 3.07. The van der Waals surface area contributed by atoms with Gasteiger partial charge < -0.3 is 10.1 Å². The van der Waals surface area contributed by atoms with E-state index in [9.17, 15) is 22.8 Å². The third-order valence-corrected chi connectivity index (χ3v) is 8.71. The average Bonchev–Trinajstić information content (AvgIpc) is 3.37. The van der Waals surface area contributed by atoms with Crippen molar-refractivity contribution in [1.29, 1.82) is 0 Å². The highest BCUT2D eigenvalue weighted by atomic mass is 32.2. The fraction of sp³-hybridized carbons (Fsp3) is 0.304. The van der Waals surface area contributed by atoms with Crippen LogP contribution in [0.2, 0.25) is 0 Å². The minimum atomic E-state index is -3.63. The van der Waals surface area contributed by atoms with E-state index >= 15 is 0 Å². The molecule has 5 rings (SSSR count). The summed E-state index contributed by atoms with van der Waals surface area (Å²) < 4.78 is 33.1. The summed E-state index contributed by atoms with van der Waals surface area (Å²) >= 11 is 1.18. The molecule has 1 N–H and O–H groups in total. The molecule has 182 valence electrons. The second kappa shape index (κ2) is 9.46. The summed E-state index contributed by atoms with van der Waals surface area (Å²) in [4.78, 5) is 43.0. The molecule has 2 aliphatic rings. The molecule has 35 heavy (non-hydrogen) atoms. The molecule has 0 radical (unpaired) electrons. The van der Waals surface area contributed by atoms with Gasteiger partial charge in [0, 0.05) is 26.1 Å². The third-order valence-electron chi connectivity index (χ3n) is 5.88. The summed E-state index contributed by atoms with van der Waals surface area (Å²) in [5.74, 6) is -0.998. The van der Waals surface area contributed by atoms with Gasteiger partial charge in [0.15, 0.2) is 5.13 Å². The van der Waals surface area contributed by atoms with Crippen molar-refractivity contribution in [2.75, 3.05) is 38.2 Å². The zero-order chi connectivity index (χ0) is 24.6. The number of rotatable bonds is 7. The molecule has 10 nitrogen and oxygen atoms in total. The second-order valence-corrected chi connectivity index (χ2v) is 11.1. The van der Waals surface area contributed by atoms with Crippen molar-refractivity contribution in [1.82, 2.24) is 14.2 Å². The molecule has 0 bridgehead atoms. The van der Waals surface area contributed by atoms with E-state index < -0.39 is 10.0 Å². The molecule has 12 heteroatoms. The molecule has 0 atom stereocenters. The fourth-order valence-corrected chi connectivity index (χ4v) is 6.51. The average molecular weight is 515 g/mol. The Morgan fingerprint density at radius 2 is 1.74 bits per heavy atom. The topological polar surface area (TPSA) is 126 Å². The van der Waals surface area contributed by atoms with Gasteiger partial charge in [-0.15, -0.1) is 0 Å².